The average Bonchev–Trinajstić information content (AvgIpc) is 2.96. The predicted octanol–water partition coefficient (Wildman–Crippen LogP) is 2.50. The number of carbonyl (C=O) groups excluding carboxylic acids is 1. The molecule has 0 saturated heterocycles. The molecule has 0 aliphatic carbocycles. The van der Waals surface area contributed by atoms with Crippen molar-refractivity contribution in [3.8, 4) is 0 Å². The van der Waals surface area contributed by atoms with Crippen molar-refractivity contribution in [2.45, 2.75) is 26.1 Å². The minimum atomic E-state index is -4.99. The Morgan fingerprint density at radius 3 is 2.76 bits per heavy atom. The molecule has 114 valence electrons. The molecular weight excluding hydrogens is 331 g/mol. The molecule has 0 saturated carbocycles. The van der Waals surface area contributed by atoms with E-state index in [-0.39, 0.29) is 12.5 Å². The number of anilines is 1. The highest BCUT2D eigenvalue weighted by atomic mass is 35.5. The number of halogens is 4. The minimum absolute atomic E-state index is 0.116. The number of carbonyl (C=O) groups is 1. The second-order valence-corrected chi connectivity index (χ2v) is 5.59. The van der Waals surface area contributed by atoms with Gasteiger partial charge in [-0.15, -0.1) is 11.3 Å². The maximum atomic E-state index is 12.3. The first-order valence-corrected chi connectivity index (χ1v) is 6.91. The zero-order valence-electron chi connectivity index (χ0n) is 10.6. The quantitative estimate of drug-likeness (QED) is 0.929. The largest absolute Gasteiger partial charge is 0.471 e. The monoisotopic (exact) mass is 339 g/mol. The van der Waals surface area contributed by atoms with Crippen LogP contribution < -0.4 is 5.32 Å². The minimum Gasteiger partial charge on any atom is -0.287 e. The van der Waals surface area contributed by atoms with Crippen LogP contribution in [0.1, 0.15) is 17.6 Å². The fourth-order valence-electron chi connectivity index (χ4n) is 1.42. The van der Waals surface area contributed by atoms with Crippen LogP contribution in [0.3, 0.4) is 0 Å². The van der Waals surface area contributed by atoms with Crippen LogP contribution in [0.2, 0.25) is 4.47 Å². The number of rotatable bonds is 4. The zero-order chi connectivity index (χ0) is 15.6. The van der Waals surface area contributed by atoms with Crippen LogP contribution in [0, 0.1) is 0 Å². The molecule has 0 spiro atoms. The van der Waals surface area contributed by atoms with Crippen molar-refractivity contribution in [2.75, 3.05) is 5.32 Å². The van der Waals surface area contributed by atoms with E-state index >= 15 is 0 Å². The maximum Gasteiger partial charge on any atom is 0.471 e. The number of nitrogens with zero attached hydrogens (tertiary/aromatic N) is 4. The maximum absolute atomic E-state index is 12.3. The van der Waals surface area contributed by atoms with Crippen molar-refractivity contribution in [2.24, 2.45) is 0 Å². The van der Waals surface area contributed by atoms with Gasteiger partial charge in [0.25, 0.3) is 0 Å². The summed E-state index contributed by atoms with van der Waals surface area (Å²) in [5, 5.41) is 5.74. The molecule has 0 aliphatic heterocycles. The lowest BCUT2D eigenvalue weighted by Gasteiger charge is -2.08. The van der Waals surface area contributed by atoms with Gasteiger partial charge in [-0.25, -0.2) is 9.67 Å². The van der Waals surface area contributed by atoms with Crippen LogP contribution in [0.4, 0.5) is 19.1 Å². The highest BCUT2D eigenvalue weighted by Gasteiger charge is 2.39. The number of thiazole rings is 1. The van der Waals surface area contributed by atoms with E-state index in [0.717, 1.165) is 11.3 Å². The smallest absolute Gasteiger partial charge is 0.287 e. The van der Waals surface area contributed by atoms with E-state index in [1.54, 1.807) is 12.2 Å². The van der Waals surface area contributed by atoms with Crippen LogP contribution in [-0.2, 0) is 17.8 Å². The predicted molar refractivity (Wildman–Crippen MR) is 70.3 cm³/mol. The summed E-state index contributed by atoms with van der Waals surface area (Å²) in [6, 6.07) is 0. The molecule has 0 atom stereocenters. The lowest BCUT2D eigenvalue weighted by atomic mass is 10.5. The first kappa shape index (κ1) is 15.7. The molecule has 1 amide bonds. The average molecular weight is 340 g/mol. The van der Waals surface area contributed by atoms with Gasteiger partial charge in [0.2, 0.25) is 5.95 Å². The molecule has 1 N–H and O–H groups in total. The van der Waals surface area contributed by atoms with Gasteiger partial charge in [0.15, 0.2) is 10.3 Å². The van der Waals surface area contributed by atoms with Crippen molar-refractivity contribution in [3.63, 3.8) is 0 Å². The van der Waals surface area contributed by atoms with Gasteiger partial charge in [-0.3, -0.25) is 10.1 Å². The Labute approximate surface area is 126 Å². The van der Waals surface area contributed by atoms with Gasteiger partial charge < -0.3 is 0 Å². The van der Waals surface area contributed by atoms with Crippen LogP contribution in [0.25, 0.3) is 0 Å². The Morgan fingerprint density at radius 2 is 2.24 bits per heavy atom. The molecule has 0 radical (unpaired) electrons. The third-order valence-corrected chi connectivity index (χ3v) is 3.45. The molecule has 6 nitrogen and oxygen atoms in total. The summed E-state index contributed by atoms with van der Waals surface area (Å²) < 4.78 is 38.4. The molecule has 2 rings (SSSR count). The third-order valence-electron chi connectivity index (χ3n) is 2.35. The molecule has 0 unspecified atom stereocenters. The van der Waals surface area contributed by atoms with Gasteiger partial charge >= 0.3 is 12.1 Å². The second-order valence-electron chi connectivity index (χ2n) is 3.89. The number of hydrogen-bond donors (Lipinski definition) is 1. The number of aromatic nitrogens is 4. The summed E-state index contributed by atoms with van der Waals surface area (Å²) >= 11 is 6.85. The van der Waals surface area contributed by atoms with Crippen LogP contribution in [0.15, 0.2) is 6.20 Å². The molecule has 0 aromatic carbocycles. The van der Waals surface area contributed by atoms with Gasteiger partial charge in [0, 0.05) is 17.5 Å². The highest BCUT2D eigenvalue weighted by Crippen LogP contribution is 2.21. The summed E-state index contributed by atoms with van der Waals surface area (Å²) in [6.45, 7) is 1.86. The Kier molecular flexibility index (Phi) is 4.47. The lowest BCUT2D eigenvalue weighted by Crippen LogP contribution is -2.31. The molecular formula is C10H9ClF3N5OS. The Morgan fingerprint density at radius 1 is 1.52 bits per heavy atom. The fourth-order valence-corrected chi connectivity index (χ4v) is 2.38. The van der Waals surface area contributed by atoms with E-state index in [1.807, 2.05) is 0 Å². The standard InChI is InChI=1S/C10H9ClF3N5OS/c1-2-6-16-9(17-7(20)10(12,13)14)19(18-6)4-5-3-15-8(11)21-5/h3H,2,4H2,1H3,(H,16,17,18,20). The summed E-state index contributed by atoms with van der Waals surface area (Å²) in [6.07, 6.45) is -3.09. The topological polar surface area (TPSA) is 72.7 Å². The first-order chi connectivity index (χ1) is 9.79. The third kappa shape index (κ3) is 3.91. The molecule has 0 aliphatic rings. The van der Waals surface area contributed by atoms with Crippen LogP contribution in [-0.4, -0.2) is 31.8 Å². The van der Waals surface area contributed by atoms with E-state index in [2.05, 4.69) is 15.1 Å². The van der Waals surface area contributed by atoms with Gasteiger partial charge in [0.1, 0.15) is 0 Å². The summed E-state index contributed by atoms with van der Waals surface area (Å²) in [7, 11) is 0. The Hall–Kier alpha value is -1.68. The number of aryl methyl sites for hydroxylation is 1. The highest BCUT2D eigenvalue weighted by molar-refractivity contribution is 7.15. The SMILES string of the molecule is CCc1nc(NC(=O)C(F)(F)F)n(Cc2cnc(Cl)s2)n1. The number of nitrogens with one attached hydrogen (secondary N) is 1. The van der Waals surface area contributed by atoms with Crippen molar-refractivity contribution < 1.29 is 18.0 Å². The molecule has 0 fully saturated rings. The number of amides is 1. The Balaban J connectivity index is 2.24. The van der Waals surface area contributed by atoms with Crippen LogP contribution in [0.5, 0.6) is 0 Å². The van der Waals surface area contributed by atoms with Gasteiger partial charge in [0.05, 0.1) is 6.54 Å². The molecule has 0 bridgehead atoms. The van der Waals surface area contributed by atoms with E-state index in [9.17, 15) is 18.0 Å². The Bertz CT molecular complexity index is 653. The van der Waals surface area contributed by atoms with Crippen molar-refractivity contribution in [3.05, 3.63) is 21.4 Å². The second kappa shape index (κ2) is 5.98. The summed E-state index contributed by atoms with van der Waals surface area (Å²) in [5.74, 6) is -2.04. The lowest BCUT2D eigenvalue weighted by molar-refractivity contribution is -0.167. The molecule has 11 heteroatoms. The molecule has 2 aromatic heterocycles. The summed E-state index contributed by atoms with van der Waals surface area (Å²) in [4.78, 5) is 19.3. The molecule has 21 heavy (non-hydrogen) atoms. The van der Waals surface area contributed by atoms with E-state index in [1.165, 1.54) is 10.9 Å². The van der Waals surface area contributed by atoms with Crippen molar-refractivity contribution in [1.82, 2.24) is 19.7 Å². The van der Waals surface area contributed by atoms with E-state index in [0.29, 0.717) is 21.6 Å². The number of hydrogen-bond acceptors (Lipinski definition) is 5. The van der Waals surface area contributed by atoms with Crippen molar-refractivity contribution >= 4 is 34.8 Å². The van der Waals surface area contributed by atoms with Gasteiger partial charge in [-0.1, -0.05) is 18.5 Å². The van der Waals surface area contributed by atoms with Crippen molar-refractivity contribution in [1.29, 1.82) is 0 Å². The first-order valence-electron chi connectivity index (χ1n) is 5.71. The van der Waals surface area contributed by atoms with E-state index in [4.69, 9.17) is 11.6 Å². The zero-order valence-corrected chi connectivity index (χ0v) is 12.2. The molecule has 2 heterocycles. The van der Waals surface area contributed by atoms with Gasteiger partial charge in [-0.05, 0) is 0 Å². The van der Waals surface area contributed by atoms with Gasteiger partial charge in [-0.2, -0.15) is 23.3 Å². The number of alkyl halides is 3. The van der Waals surface area contributed by atoms with Crippen LogP contribution >= 0.6 is 22.9 Å². The molecule has 2 aromatic rings. The van der Waals surface area contributed by atoms with E-state index < -0.39 is 12.1 Å². The normalized spacial score (nSPS) is 11.7. The summed E-state index contributed by atoms with van der Waals surface area (Å²) in [5.41, 5.74) is 0. The fraction of sp³-hybridized carbons (Fsp3) is 0.400.